The average molecular weight is 295 g/mol. The molecule has 0 atom stereocenters. The highest BCUT2D eigenvalue weighted by atomic mass is 19.4. The van der Waals surface area contributed by atoms with E-state index in [-0.39, 0.29) is 0 Å². The highest BCUT2D eigenvalue weighted by Gasteiger charge is 2.31. The Bertz CT molecular complexity index is 642. The van der Waals surface area contributed by atoms with Gasteiger partial charge in [0, 0.05) is 30.0 Å². The molecule has 0 saturated heterocycles. The fourth-order valence-corrected chi connectivity index (χ4v) is 2.30. The van der Waals surface area contributed by atoms with Crippen LogP contribution in [0.25, 0.3) is 5.69 Å². The minimum Gasteiger partial charge on any atom is -0.385 e. The quantitative estimate of drug-likeness (QED) is 0.916. The molecule has 1 aliphatic rings. The summed E-state index contributed by atoms with van der Waals surface area (Å²) in [6.45, 7) is 2.42. The van der Waals surface area contributed by atoms with Crippen LogP contribution in [0.3, 0.4) is 0 Å². The van der Waals surface area contributed by atoms with Crippen molar-refractivity contribution in [3.63, 3.8) is 0 Å². The molecular weight excluding hydrogens is 279 g/mol. The Kier molecular flexibility index (Phi) is 3.39. The first-order valence-corrected chi connectivity index (χ1v) is 6.98. The third kappa shape index (κ3) is 3.04. The van der Waals surface area contributed by atoms with Gasteiger partial charge in [-0.05, 0) is 38.0 Å². The van der Waals surface area contributed by atoms with Crippen LogP contribution in [0.2, 0.25) is 0 Å². The molecule has 0 bridgehead atoms. The Morgan fingerprint density at radius 2 is 2.05 bits per heavy atom. The first-order chi connectivity index (χ1) is 9.97. The van der Waals surface area contributed by atoms with Crippen LogP contribution < -0.4 is 5.32 Å². The molecule has 1 heterocycles. The van der Waals surface area contributed by atoms with Gasteiger partial charge in [0.1, 0.15) is 0 Å². The molecule has 3 nitrogen and oxygen atoms in total. The maximum atomic E-state index is 13.0. The zero-order valence-corrected chi connectivity index (χ0v) is 11.6. The summed E-state index contributed by atoms with van der Waals surface area (Å²) >= 11 is 0. The third-order valence-corrected chi connectivity index (χ3v) is 3.52. The number of hydrogen-bond donors (Lipinski definition) is 1. The normalized spacial score (nSPS) is 15.2. The summed E-state index contributed by atoms with van der Waals surface area (Å²) in [5, 5.41) is 2.94. The Labute approximate surface area is 120 Å². The SMILES string of the molecule is CCNc1cc(-n2cnc(C3CC3)c2)cc(C(F)(F)F)c1. The highest BCUT2D eigenvalue weighted by Crippen LogP contribution is 2.39. The molecular formula is C15H16F3N3. The number of rotatable bonds is 4. The summed E-state index contributed by atoms with van der Waals surface area (Å²) in [6, 6.07) is 3.99. The van der Waals surface area contributed by atoms with E-state index in [2.05, 4.69) is 10.3 Å². The molecule has 0 radical (unpaired) electrons. The van der Waals surface area contributed by atoms with Gasteiger partial charge in [-0.1, -0.05) is 0 Å². The highest BCUT2D eigenvalue weighted by molar-refractivity contribution is 5.55. The van der Waals surface area contributed by atoms with Gasteiger partial charge in [0.25, 0.3) is 0 Å². The predicted molar refractivity (Wildman–Crippen MR) is 74.7 cm³/mol. The maximum absolute atomic E-state index is 13.0. The Balaban J connectivity index is 2.00. The fourth-order valence-electron chi connectivity index (χ4n) is 2.30. The van der Waals surface area contributed by atoms with Crippen molar-refractivity contribution >= 4 is 5.69 Å². The van der Waals surface area contributed by atoms with Crippen molar-refractivity contribution in [1.29, 1.82) is 0 Å². The minimum atomic E-state index is -4.36. The van der Waals surface area contributed by atoms with Gasteiger partial charge in [-0.25, -0.2) is 4.98 Å². The summed E-state index contributed by atoms with van der Waals surface area (Å²) in [5.74, 6) is 0.477. The first-order valence-electron chi connectivity index (χ1n) is 6.98. The summed E-state index contributed by atoms with van der Waals surface area (Å²) < 4.78 is 40.6. The molecule has 1 aromatic heterocycles. The molecule has 1 saturated carbocycles. The van der Waals surface area contributed by atoms with Crippen molar-refractivity contribution in [3.05, 3.63) is 42.0 Å². The van der Waals surface area contributed by atoms with Crippen molar-refractivity contribution in [2.75, 3.05) is 11.9 Å². The van der Waals surface area contributed by atoms with E-state index < -0.39 is 11.7 Å². The number of alkyl halides is 3. The predicted octanol–water partition coefficient (Wildman–Crippen LogP) is 4.20. The van der Waals surface area contributed by atoms with E-state index in [1.807, 2.05) is 13.1 Å². The smallest absolute Gasteiger partial charge is 0.385 e. The number of hydrogen-bond acceptors (Lipinski definition) is 2. The van der Waals surface area contributed by atoms with Crippen molar-refractivity contribution in [3.8, 4) is 5.69 Å². The molecule has 1 N–H and O–H groups in total. The minimum absolute atomic E-state index is 0.462. The van der Waals surface area contributed by atoms with Crippen molar-refractivity contribution in [2.24, 2.45) is 0 Å². The van der Waals surface area contributed by atoms with E-state index in [0.29, 0.717) is 23.8 Å². The number of aromatic nitrogens is 2. The second kappa shape index (κ2) is 5.09. The van der Waals surface area contributed by atoms with Crippen LogP contribution >= 0.6 is 0 Å². The lowest BCUT2D eigenvalue weighted by atomic mass is 10.1. The molecule has 0 spiro atoms. The third-order valence-electron chi connectivity index (χ3n) is 3.52. The van der Waals surface area contributed by atoms with Crippen molar-refractivity contribution in [2.45, 2.75) is 31.9 Å². The topological polar surface area (TPSA) is 29.9 Å². The monoisotopic (exact) mass is 295 g/mol. The van der Waals surface area contributed by atoms with Gasteiger partial charge < -0.3 is 9.88 Å². The first kappa shape index (κ1) is 14.0. The van der Waals surface area contributed by atoms with Gasteiger partial charge in [-0.3, -0.25) is 0 Å². The number of halogens is 3. The van der Waals surface area contributed by atoms with Gasteiger partial charge in [0.15, 0.2) is 0 Å². The Morgan fingerprint density at radius 1 is 1.29 bits per heavy atom. The Morgan fingerprint density at radius 3 is 2.67 bits per heavy atom. The molecule has 2 aromatic rings. The summed E-state index contributed by atoms with van der Waals surface area (Å²) in [7, 11) is 0. The lowest BCUT2D eigenvalue weighted by Gasteiger charge is -2.13. The number of nitrogens with zero attached hydrogens (tertiary/aromatic N) is 2. The molecule has 0 amide bonds. The van der Waals surface area contributed by atoms with Crippen LogP contribution in [0, 0.1) is 0 Å². The van der Waals surface area contributed by atoms with E-state index in [1.54, 1.807) is 17.0 Å². The maximum Gasteiger partial charge on any atom is 0.416 e. The molecule has 0 unspecified atom stereocenters. The number of imidazole rings is 1. The molecule has 21 heavy (non-hydrogen) atoms. The van der Waals surface area contributed by atoms with Crippen LogP contribution in [0.15, 0.2) is 30.7 Å². The molecule has 3 rings (SSSR count). The van der Waals surface area contributed by atoms with Crippen LogP contribution in [0.1, 0.15) is 36.9 Å². The van der Waals surface area contributed by atoms with Gasteiger partial charge in [0.2, 0.25) is 0 Å². The zero-order chi connectivity index (χ0) is 15.0. The standard InChI is InChI=1S/C15H16F3N3/c1-2-19-12-5-11(15(16,17)18)6-13(7-12)21-8-14(20-9-21)10-3-4-10/h5-10,19H,2-4H2,1H3. The van der Waals surface area contributed by atoms with Crippen LogP contribution in [-0.4, -0.2) is 16.1 Å². The van der Waals surface area contributed by atoms with Gasteiger partial charge in [-0.2, -0.15) is 13.2 Å². The molecule has 6 heteroatoms. The summed E-state index contributed by atoms with van der Waals surface area (Å²) in [5.41, 5.74) is 1.24. The van der Waals surface area contributed by atoms with Crippen LogP contribution in [0.5, 0.6) is 0 Å². The second-order valence-corrected chi connectivity index (χ2v) is 5.28. The van der Waals surface area contributed by atoms with E-state index in [1.165, 1.54) is 0 Å². The molecule has 1 fully saturated rings. The second-order valence-electron chi connectivity index (χ2n) is 5.28. The molecule has 112 valence electrons. The average Bonchev–Trinajstić information content (AvgIpc) is 3.15. The summed E-state index contributed by atoms with van der Waals surface area (Å²) in [4.78, 5) is 4.28. The zero-order valence-electron chi connectivity index (χ0n) is 11.6. The fraction of sp³-hybridized carbons (Fsp3) is 0.400. The summed E-state index contributed by atoms with van der Waals surface area (Å²) in [6.07, 6.45) is 1.27. The van der Waals surface area contributed by atoms with Crippen molar-refractivity contribution in [1.82, 2.24) is 9.55 Å². The van der Waals surface area contributed by atoms with Crippen LogP contribution in [0.4, 0.5) is 18.9 Å². The van der Waals surface area contributed by atoms with Crippen LogP contribution in [-0.2, 0) is 6.18 Å². The lowest BCUT2D eigenvalue weighted by Crippen LogP contribution is -2.08. The van der Waals surface area contributed by atoms with Gasteiger partial charge >= 0.3 is 6.18 Å². The number of nitrogens with one attached hydrogen (secondary N) is 1. The van der Waals surface area contributed by atoms with E-state index >= 15 is 0 Å². The molecule has 1 aromatic carbocycles. The van der Waals surface area contributed by atoms with Gasteiger partial charge in [0.05, 0.1) is 17.6 Å². The van der Waals surface area contributed by atoms with Gasteiger partial charge in [-0.15, -0.1) is 0 Å². The number of benzene rings is 1. The van der Waals surface area contributed by atoms with E-state index in [9.17, 15) is 13.2 Å². The van der Waals surface area contributed by atoms with Crippen molar-refractivity contribution < 1.29 is 13.2 Å². The van der Waals surface area contributed by atoms with E-state index in [0.717, 1.165) is 30.7 Å². The Hall–Kier alpha value is -1.98. The molecule has 1 aliphatic carbocycles. The lowest BCUT2D eigenvalue weighted by molar-refractivity contribution is -0.137. The number of anilines is 1. The molecule has 0 aliphatic heterocycles. The largest absolute Gasteiger partial charge is 0.416 e. The van der Waals surface area contributed by atoms with E-state index in [4.69, 9.17) is 0 Å².